The second-order valence-electron chi connectivity index (χ2n) is 4.71. The first-order valence-electron chi connectivity index (χ1n) is 7.15. The van der Waals surface area contributed by atoms with Gasteiger partial charge in [-0.15, -0.1) is 0 Å². The molecule has 0 radical (unpaired) electrons. The van der Waals surface area contributed by atoms with E-state index >= 15 is 0 Å². The highest BCUT2D eigenvalue weighted by Crippen LogP contribution is 2.06. The first kappa shape index (κ1) is 18.9. The number of amides is 2. The van der Waals surface area contributed by atoms with Gasteiger partial charge in [0, 0.05) is 18.2 Å². The number of hydroxylamine groups is 1. The van der Waals surface area contributed by atoms with Crippen molar-refractivity contribution in [1.29, 1.82) is 0 Å². The van der Waals surface area contributed by atoms with Crippen LogP contribution in [0.5, 0.6) is 0 Å². The Morgan fingerprint density at radius 2 is 2.00 bits per heavy atom. The summed E-state index contributed by atoms with van der Waals surface area (Å²) in [5.74, 6) is 0.339. The number of thioether (sulfide) groups is 1. The Balaban J connectivity index is 2.27. The summed E-state index contributed by atoms with van der Waals surface area (Å²) in [6.07, 6.45) is 4.58. The van der Waals surface area contributed by atoms with Crippen LogP contribution in [0.15, 0.2) is 36.4 Å². The second kappa shape index (κ2) is 11.4. The zero-order chi connectivity index (χ0) is 16.9. The summed E-state index contributed by atoms with van der Waals surface area (Å²) < 4.78 is 0. The monoisotopic (exact) mass is 336 g/mol. The lowest BCUT2D eigenvalue weighted by Gasteiger charge is -2.10. The number of aldehydes is 1. The molecule has 1 aromatic rings. The largest absolute Gasteiger partial charge is 0.342 e. The van der Waals surface area contributed by atoms with Crippen molar-refractivity contribution < 1.29 is 19.6 Å². The van der Waals surface area contributed by atoms with Crippen LogP contribution in [0.25, 0.3) is 6.08 Å². The topological polar surface area (TPSA) is 95.5 Å². The number of benzene rings is 1. The van der Waals surface area contributed by atoms with E-state index in [0.717, 1.165) is 5.56 Å². The summed E-state index contributed by atoms with van der Waals surface area (Å²) in [5.41, 5.74) is 2.46. The van der Waals surface area contributed by atoms with Crippen molar-refractivity contribution in [3.8, 4) is 0 Å². The predicted molar refractivity (Wildman–Crippen MR) is 90.0 cm³/mol. The standard InChI is InChI=1S/C16H20N2O4S/c19-11-14(12-23-10-4-7-16(21)18-22)17-15(20)9-8-13-5-2-1-3-6-13/h1-3,5-6,8-9,11,14,22H,4,7,10,12H2,(H,17,20)(H,18,21)/b9-8+/t14-/m1/s1. The number of hydrogen-bond acceptors (Lipinski definition) is 5. The molecule has 0 spiro atoms. The van der Waals surface area contributed by atoms with Gasteiger partial charge in [0.1, 0.15) is 6.29 Å². The lowest BCUT2D eigenvalue weighted by molar-refractivity contribution is -0.129. The van der Waals surface area contributed by atoms with Crippen molar-refractivity contribution in [3.05, 3.63) is 42.0 Å². The molecule has 0 aromatic heterocycles. The van der Waals surface area contributed by atoms with E-state index in [9.17, 15) is 14.4 Å². The van der Waals surface area contributed by atoms with Crippen LogP contribution in [0.2, 0.25) is 0 Å². The molecule has 0 saturated carbocycles. The highest BCUT2D eigenvalue weighted by molar-refractivity contribution is 7.99. The summed E-state index contributed by atoms with van der Waals surface area (Å²) in [5, 5.41) is 11.0. The zero-order valence-corrected chi connectivity index (χ0v) is 13.4. The van der Waals surface area contributed by atoms with Crippen molar-refractivity contribution in [3.63, 3.8) is 0 Å². The smallest absolute Gasteiger partial charge is 0.244 e. The maximum absolute atomic E-state index is 11.8. The number of carbonyl (C=O) groups is 3. The van der Waals surface area contributed by atoms with Gasteiger partial charge in [-0.1, -0.05) is 30.3 Å². The fourth-order valence-corrected chi connectivity index (χ4v) is 2.61. The molecule has 0 aliphatic rings. The Morgan fingerprint density at radius 3 is 2.65 bits per heavy atom. The molecule has 1 atom stereocenters. The molecule has 3 N–H and O–H groups in total. The van der Waals surface area contributed by atoms with E-state index in [-0.39, 0.29) is 12.3 Å². The van der Waals surface area contributed by atoms with Crippen LogP contribution < -0.4 is 10.8 Å². The van der Waals surface area contributed by atoms with Crippen molar-refractivity contribution >= 4 is 35.9 Å². The maximum atomic E-state index is 11.8. The second-order valence-corrected chi connectivity index (χ2v) is 5.86. The average Bonchev–Trinajstić information content (AvgIpc) is 2.59. The molecule has 0 unspecified atom stereocenters. The molecule has 0 saturated heterocycles. The normalized spacial score (nSPS) is 11.9. The van der Waals surface area contributed by atoms with E-state index in [4.69, 9.17) is 5.21 Å². The number of rotatable bonds is 10. The van der Waals surface area contributed by atoms with Crippen LogP contribution in [-0.2, 0) is 14.4 Å². The minimum absolute atomic E-state index is 0.224. The van der Waals surface area contributed by atoms with E-state index in [0.29, 0.717) is 24.2 Å². The van der Waals surface area contributed by atoms with Crippen molar-refractivity contribution in [2.75, 3.05) is 11.5 Å². The van der Waals surface area contributed by atoms with Gasteiger partial charge in [-0.25, -0.2) is 5.48 Å². The van der Waals surface area contributed by atoms with E-state index in [1.807, 2.05) is 30.3 Å². The van der Waals surface area contributed by atoms with Gasteiger partial charge >= 0.3 is 0 Å². The molecule has 0 aliphatic carbocycles. The zero-order valence-electron chi connectivity index (χ0n) is 12.6. The molecule has 0 heterocycles. The summed E-state index contributed by atoms with van der Waals surface area (Å²) in [6, 6.07) is 8.82. The maximum Gasteiger partial charge on any atom is 0.244 e. The van der Waals surface area contributed by atoms with Crippen LogP contribution in [0.3, 0.4) is 0 Å². The Kier molecular flexibility index (Phi) is 9.42. The molecule has 2 amide bonds. The van der Waals surface area contributed by atoms with Crippen molar-refractivity contribution in [2.24, 2.45) is 0 Å². The first-order valence-corrected chi connectivity index (χ1v) is 8.30. The molecule has 1 aromatic carbocycles. The summed E-state index contributed by atoms with van der Waals surface area (Å²) in [7, 11) is 0. The molecular formula is C16H20N2O4S. The minimum Gasteiger partial charge on any atom is -0.342 e. The molecule has 7 heteroatoms. The Bertz CT molecular complexity index is 534. The van der Waals surface area contributed by atoms with Gasteiger partial charge in [-0.3, -0.25) is 14.8 Å². The third-order valence-electron chi connectivity index (χ3n) is 2.83. The van der Waals surface area contributed by atoms with Crippen molar-refractivity contribution in [2.45, 2.75) is 18.9 Å². The van der Waals surface area contributed by atoms with Gasteiger partial charge in [0.25, 0.3) is 0 Å². The minimum atomic E-state index is -0.570. The summed E-state index contributed by atoms with van der Waals surface area (Å²) in [6.45, 7) is 0. The van der Waals surface area contributed by atoms with E-state index < -0.39 is 11.9 Å². The molecule has 124 valence electrons. The highest BCUT2D eigenvalue weighted by atomic mass is 32.2. The SMILES string of the molecule is O=C[C@H](CSCCCC(=O)NO)NC(=O)/C=C/c1ccccc1. The third-order valence-corrected chi connectivity index (χ3v) is 4.01. The van der Waals surface area contributed by atoms with Gasteiger partial charge in [0.15, 0.2) is 0 Å². The summed E-state index contributed by atoms with van der Waals surface area (Å²) >= 11 is 1.46. The highest BCUT2D eigenvalue weighted by Gasteiger charge is 2.09. The van der Waals surface area contributed by atoms with E-state index in [2.05, 4.69) is 5.32 Å². The first-order chi connectivity index (χ1) is 11.2. The average molecular weight is 336 g/mol. The van der Waals surface area contributed by atoms with E-state index in [1.54, 1.807) is 11.6 Å². The number of carbonyl (C=O) groups excluding carboxylic acids is 3. The quantitative estimate of drug-likeness (QED) is 0.197. The van der Waals surface area contributed by atoms with Gasteiger partial charge in [-0.2, -0.15) is 11.8 Å². The van der Waals surface area contributed by atoms with Gasteiger partial charge < -0.3 is 10.1 Å². The lowest BCUT2D eigenvalue weighted by Crippen LogP contribution is -2.36. The van der Waals surface area contributed by atoms with Crippen LogP contribution in [-0.4, -0.2) is 40.9 Å². The summed E-state index contributed by atoms with van der Waals surface area (Å²) in [4.78, 5) is 33.5. The van der Waals surface area contributed by atoms with Crippen molar-refractivity contribution in [1.82, 2.24) is 10.8 Å². The molecule has 6 nitrogen and oxygen atoms in total. The molecule has 0 aliphatic heterocycles. The Hall–Kier alpha value is -2.12. The Labute approximate surface area is 139 Å². The van der Waals surface area contributed by atoms with Crippen LogP contribution in [0, 0.1) is 0 Å². The van der Waals surface area contributed by atoms with Gasteiger partial charge in [-0.05, 0) is 23.8 Å². The van der Waals surface area contributed by atoms with Crippen LogP contribution in [0.1, 0.15) is 18.4 Å². The lowest BCUT2D eigenvalue weighted by atomic mass is 10.2. The van der Waals surface area contributed by atoms with Crippen LogP contribution in [0.4, 0.5) is 0 Å². The van der Waals surface area contributed by atoms with Gasteiger partial charge in [0.2, 0.25) is 11.8 Å². The third kappa shape index (κ3) is 8.80. The fourth-order valence-electron chi connectivity index (χ4n) is 1.68. The Morgan fingerprint density at radius 1 is 1.26 bits per heavy atom. The molecule has 0 bridgehead atoms. The number of hydrogen-bond donors (Lipinski definition) is 3. The number of nitrogens with one attached hydrogen (secondary N) is 2. The molecule has 0 fully saturated rings. The molecule has 23 heavy (non-hydrogen) atoms. The molecular weight excluding hydrogens is 316 g/mol. The van der Waals surface area contributed by atoms with E-state index in [1.165, 1.54) is 17.8 Å². The van der Waals surface area contributed by atoms with Gasteiger partial charge in [0.05, 0.1) is 6.04 Å². The van der Waals surface area contributed by atoms with Crippen LogP contribution >= 0.6 is 11.8 Å². The predicted octanol–water partition coefficient (Wildman–Crippen LogP) is 1.40. The molecule has 1 rings (SSSR count). The fraction of sp³-hybridized carbons (Fsp3) is 0.312.